The topological polar surface area (TPSA) is 70.4 Å². The van der Waals surface area contributed by atoms with E-state index in [0.717, 1.165) is 36.1 Å². The second kappa shape index (κ2) is 9.01. The first-order chi connectivity index (χ1) is 13.5. The predicted octanol–water partition coefficient (Wildman–Crippen LogP) is 4.18. The van der Waals surface area contributed by atoms with Gasteiger partial charge in [-0.1, -0.05) is 31.9 Å². The third-order valence-electron chi connectivity index (χ3n) is 4.58. The molecule has 0 aliphatic carbocycles. The van der Waals surface area contributed by atoms with Crippen LogP contribution in [0.1, 0.15) is 32.0 Å². The minimum atomic E-state index is -0.413. The van der Waals surface area contributed by atoms with E-state index >= 15 is 0 Å². The number of benzene rings is 1. The smallest absolute Gasteiger partial charge is 0.326 e. The molecule has 2 aromatic heterocycles. The molecule has 1 aromatic carbocycles. The van der Waals surface area contributed by atoms with E-state index in [-0.39, 0.29) is 12.1 Å². The number of aromatic nitrogens is 2. The van der Waals surface area contributed by atoms with Gasteiger partial charge in [0.2, 0.25) is 0 Å². The number of carbonyl (C=O) groups is 1. The first kappa shape index (κ1) is 20.1. The van der Waals surface area contributed by atoms with Gasteiger partial charge >= 0.3 is 5.97 Å². The SMILES string of the molecule is CCCCCOC(=O)Cn1c(C)nc2scc(-c3ccc(OC)cc3)c2c1=O. The predicted molar refractivity (Wildman–Crippen MR) is 111 cm³/mol. The van der Waals surface area contributed by atoms with E-state index in [2.05, 4.69) is 11.9 Å². The molecule has 0 N–H and O–H groups in total. The molecule has 0 amide bonds. The van der Waals surface area contributed by atoms with Crippen LogP contribution in [0.5, 0.6) is 5.75 Å². The number of aryl methyl sites for hydroxylation is 1. The molecule has 28 heavy (non-hydrogen) atoms. The van der Waals surface area contributed by atoms with Gasteiger partial charge in [-0.05, 0) is 31.0 Å². The largest absolute Gasteiger partial charge is 0.497 e. The van der Waals surface area contributed by atoms with Crippen molar-refractivity contribution in [3.05, 3.63) is 45.8 Å². The van der Waals surface area contributed by atoms with E-state index in [4.69, 9.17) is 9.47 Å². The van der Waals surface area contributed by atoms with Crippen LogP contribution in [0, 0.1) is 6.92 Å². The molecule has 0 unspecified atom stereocenters. The summed E-state index contributed by atoms with van der Waals surface area (Å²) in [6.45, 7) is 4.08. The Morgan fingerprint density at radius 3 is 2.64 bits per heavy atom. The van der Waals surface area contributed by atoms with Gasteiger partial charge in [-0.15, -0.1) is 11.3 Å². The van der Waals surface area contributed by atoms with E-state index in [1.54, 1.807) is 14.0 Å². The molecular formula is C21H24N2O4S. The Morgan fingerprint density at radius 1 is 1.21 bits per heavy atom. The van der Waals surface area contributed by atoms with Crippen LogP contribution < -0.4 is 10.3 Å². The van der Waals surface area contributed by atoms with E-state index in [0.29, 0.717) is 22.6 Å². The number of carbonyl (C=O) groups excluding carboxylic acids is 1. The summed E-state index contributed by atoms with van der Waals surface area (Å²) in [4.78, 5) is 30.5. The van der Waals surface area contributed by atoms with Gasteiger partial charge in [0, 0.05) is 10.9 Å². The fourth-order valence-electron chi connectivity index (χ4n) is 3.01. The quantitative estimate of drug-likeness (QED) is 0.419. The second-order valence-electron chi connectivity index (χ2n) is 6.54. The van der Waals surface area contributed by atoms with Gasteiger partial charge in [-0.25, -0.2) is 4.98 Å². The summed E-state index contributed by atoms with van der Waals surface area (Å²) in [5.41, 5.74) is 1.49. The molecule has 0 spiro atoms. The summed E-state index contributed by atoms with van der Waals surface area (Å²) >= 11 is 1.42. The molecule has 3 rings (SSSR count). The standard InChI is InChI=1S/C21H24N2O4S/c1-4-5-6-11-27-18(24)12-23-14(2)22-20-19(21(23)25)17(13-28-20)15-7-9-16(26-3)10-8-15/h7-10,13H,4-6,11-12H2,1-3H3. The van der Waals surface area contributed by atoms with E-state index in [1.807, 2.05) is 29.6 Å². The number of hydrogen-bond acceptors (Lipinski definition) is 6. The lowest BCUT2D eigenvalue weighted by Crippen LogP contribution is -2.28. The molecule has 0 fully saturated rings. The Balaban J connectivity index is 1.92. The van der Waals surface area contributed by atoms with Crippen LogP contribution in [0.15, 0.2) is 34.4 Å². The highest BCUT2D eigenvalue weighted by Gasteiger charge is 2.17. The van der Waals surface area contributed by atoms with Crippen molar-refractivity contribution in [1.82, 2.24) is 9.55 Å². The highest BCUT2D eigenvalue weighted by Crippen LogP contribution is 2.31. The van der Waals surface area contributed by atoms with Gasteiger partial charge in [-0.3, -0.25) is 14.2 Å². The number of methoxy groups -OCH3 is 1. The Kier molecular flexibility index (Phi) is 6.46. The zero-order chi connectivity index (χ0) is 20.1. The van der Waals surface area contributed by atoms with Gasteiger partial charge in [0.15, 0.2) is 0 Å². The molecule has 148 valence electrons. The molecule has 0 aliphatic heterocycles. The van der Waals surface area contributed by atoms with Crippen LogP contribution in [0.25, 0.3) is 21.3 Å². The summed E-state index contributed by atoms with van der Waals surface area (Å²) in [6.07, 6.45) is 2.91. The Labute approximate surface area is 167 Å². The van der Waals surface area contributed by atoms with Gasteiger partial charge in [0.05, 0.1) is 19.1 Å². The molecule has 0 bridgehead atoms. The van der Waals surface area contributed by atoms with E-state index in [9.17, 15) is 9.59 Å². The molecule has 0 saturated carbocycles. The minimum absolute atomic E-state index is 0.127. The highest BCUT2D eigenvalue weighted by molar-refractivity contribution is 7.17. The number of ether oxygens (including phenoxy) is 2. The number of unbranched alkanes of at least 4 members (excludes halogenated alkanes) is 2. The monoisotopic (exact) mass is 400 g/mol. The number of rotatable bonds is 8. The molecule has 0 atom stereocenters. The number of thiophene rings is 1. The third-order valence-corrected chi connectivity index (χ3v) is 5.46. The Bertz CT molecular complexity index is 1020. The molecule has 2 heterocycles. The lowest BCUT2D eigenvalue weighted by molar-refractivity contribution is -0.144. The highest BCUT2D eigenvalue weighted by atomic mass is 32.1. The first-order valence-corrected chi connectivity index (χ1v) is 10.2. The van der Waals surface area contributed by atoms with Crippen LogP contribution in [-0.4, -0.2) is 29.2 Å². The Hall–Kier alpha value is -2.67. The number of fused-ring (bicyclic) bond motifs is 1. The van der Waals surface area contributed by atoms with Gasteiger partial charge in [-0.2, -0.15) is 0 Å². The van der Waals surface area contributed by atoms with Crippen LogP contribution in [0.4, 0.5) is 0 Å². The first-order valence-electron chi connectivity index (χ1n) is 9.33. The molecule has 0 radical (unpaired) electrons. The summed E-state index contributed by atoms with van der Waals surface area (Å²) in [5.74, 6) is 0.843. The Morgan fingerprint density at radius 2 is 1.96 bits per heavy atom. The number of esters is 1. The summed E-state index contributed by atoms with van der Waals surface area (Å²) in [6, 6.07) is 7.53. The molecule has 7 heteroatoms. The summed E-state index contributed by atoms with van der Waals surface area (Å²) < 4.78 is 11.8. The maximum atomic E-state index is 13.1. The number of hydrogen-bond donors (Lipinski definition) is 0. The van der Waals surface area contributed by atoms with Crippen molar-refractivity contribution in [2.45, 2.75) is 39.7 Å². The van der Waals surface area contributed by atoms with Crippen molar-refractivity contribution in [2.75, 3.05) is 13.7 Å². The van der Waals surface area contributed by atoms with Crippen molar-refractivity contribution >= 4 is 27.5 Å². The van der Waals surface area contributed by atoms with Gasteiger partial charge in [0.25, 0.3) is 5.56 Å². The van der Waals surface area contributed by atoms with Crippen molar-refractivity contribution in [1.29, 1.82) is 0 Å². The average molecular weight is 401 g/mol. The fourth-order valence-corrected chi connectivity index (χ4v) is 3.99. The molecular weight excluding hydrogens is 376 g/mol. The van der Waals surface area contributed by atoms with Gasteiger partial charge in [0.1, 0.15) is 22.9 Å². The van der Waals surface area contributed by atoms with Crippen LogP contribution in [0.2, 0.25) is 0 Å². The maximum Gasteiger partial charge on any atom is 0.326 e. The lowest BCUT2D eigenvalue weighted by Gasteiger charge is -2.10. The van der Waals surface area contributed by atoms with E-state index < -0.39 is 5.97 Å². The van der Waals surface area contributed by atoms with Crippen LogP contribution >= 0.6 is 11.3 Å². The molecule has 0 saturated heterocycles. The summed E-state index contributed by atoms with van der Waals surface area (Å²) in [7, 11) is 1.61. The summed E-state index contributed by atoms with van der Waals surface area (Å²) in [5, 5.41) is 2.45. The van der Waals surface area contributed by atoms with E-state index in [1.165, 1.54) is 15.9 Å². The van der Waals surface area contributed by atoms with Crippen molar-refractivity contribution in [2.24, 2.45) is 0 Å². The maximum absolute atomic E-state index is 13.1. The molecule has 0 aliphatic rings. The zero-order valence-corrected chi connectivity index (χ0v) is 17.2. The normalized spacial score (nSPS) is 11.0. The van der Waals surface area contributed by atoms with Gasteiger partial charge < -0.3 is 9.47 Å². The third kappa shape index (κ3) is 4.25. The molecule has 6 nitrogen and oxygen atoms in total. The van der Waals surface area contributed by atoms with Crippen LogP contribution in [0.3, 0.4) is 0 Å². The zero-order valence-electron chi connectivity index (χ0n) is 16.4. The molecule has 3 aromatic rings. The van der Waals surface area contributed by atoms with Crippen molar-refractivity contribution < 1.29 is 14.3 Å². The lowest BCUT2D eigenvalue weighted by atomic mass is 10.1. The minimum Gasteiger partial charge on any atom is -0.497 e. The fraction of sp³-hybridized carbons (Fsp3) is 0.381. The van der Waals surface area contributed by atoms with Crippen LogP contribution in [-0.2, 0) is 16.1 Å². The van der Waals surface area contributed by atoms with Crippen molar-refractivity contribution in [3.63, 3.8) is 0 Å². The average Bonchev–Trinajstić information content (AvgIpc) is 3.12. The van der Waals surface area contributed by atoms with Crippen molar-refractivity contribution in [3.8, 4) is 16.9 Å². The second-order valence-corrected chi connectivity index (χ2v) is 7.39. The number of nitrogens with zero attached hydrogens (tertiary/aromatic N) is 2.